The number of H-pyrrole nitrogens is 1. The number of fused-ring (bicyclic) bond motifs is 1. The van der Waals surface area contributed by atoms with E-state index in [4.69, 9.17) is 16.3 Å². The van der Waals surface area contributed by atoms with E-state index >= 15 is 0 Å². The van der Waals surface area contributed by atoms with Crippen molar-refractivity contribution < 1.29 is 32.5 Å². The number of alkyl halides is 3. The number of rotatable bonds is 5. The second-order valence-electron chi connectivity index (χ2n) is 10.2. The SMILES string of the molecule is O=C(NC12CC(c3ncc([C@H]4C[C@@H](OC(F)(F)F)C4)[nH]3)(C1)C2)[C@H]1C[C@@H](O)c2cc(Cl)ccc2O1. The molecule has 2 heterocycles. The number of hydrogen-bond acceptors (Lipinski definition) is 5. The lowest BCUT2D eigenvalue weighted by Crippen LogP contribution is -2.77. The van der Waals surface area contributed by atoms with E-state index in [-0.39, 0.29) is 29.2 Å². The Morgan fingerprint density at radius 1 is 1.26 bits per heavy atom. The summed E-state index contributed by atoms with van der Waals surface area (Å²) in [6.45, 7) is 0. The number of halogens is 4. The number of nitrogens with zero attached hydrogens (tertiary/aromatic N) is 1. The minimum Gasteiger partial charge on any atom is -0.480 e. The molecule has 1 amide bonds. The molecule has 1 aromatic carbocycles. The van der Waals surface area contributed by atoms with Crippen molar-refractivity contribution in [2.45, 2.75) is 80.1 Å². The molecule has 1 aromatic heterocycles. The van der Waals surface area contributed by atoms with E-state index in [0.29, 0.717) is 29.2 Å². The van der Waals surface area contributed by atoms with Crippen molar-refractivity contribution in [1.82, 2.24) is 15.3 Å². The molecule has 182 valence electrons. The van der Waals surface area contributed by atoms with Crippen LogP contribution in [0.25, 0.3) is 0 Å². The number of ether oxygens (including phenoxy) is 2. The number of imidazole rings is 1. The molecule has 2 aromatic rings. The zero-order valence-corrected chi connectivity index (χ0v) is 18.7. The third kappa shape index (κ3) is 3.67. The summed E-state index contributed by atoms with van der Waals surface area (Å²) in [6, 6.07) is 4.96. The quantitative estimate of drug-likeness (QED) is 0.580. The van der Waals surface area contributed by atoms with Crippen LogP contribution in [0.15, 0.2) is 24.4 Å². The Balaban J connectivity index is 1.03. The van der Waals surface area contributed by atoms with Gasteiger partial charge in [-0.15, -0.1) is 13.2 Å². The molecule has 34 heavy (non-hydrogen) atoms. The second kappa shape index (κ2) is 7.35. The molecule has 4 saturated carbocycles. The van der Waals surface area contributed by atoms with Crippen molar-refractivity contribution >= 4 is 17.5 Å². The topological polar surface area (TPSA) is 96.5 Å². The first kappa shape index (κ1) is 22.2. The summed E-state index contributed by atoms with van der Waals surface area (Å²) in [5.41, 5.74) is 0.981. The van der Waals surface area contributed by atoms with Crippen LogP contribution >= 0.6 is 11.6 Å². The average Bonchev–Trinajstić information content (AvgIpc) is 3.14. The van der Waals surface area contributed by atoms with Crippen LogP contribution in [0.5, 0.6) is 5.75 Å². The molecule has 11 heteroatoms. The molecule has 5 aliphatic rings. The van der Waals surface area contributed by atoms with E-state index in [0.717, 1.165) is 30.8 Å². The Labute approximate surface area is 198 Å². The summed E-state index contributed by atoms with van der Waals surface area (Å²) < 4.78 is 46.9. The molecule has 2 atom stereocenters. The van der Waals surface area contributed by atoms with Gasteiger partial charge in [0.15, 0.2) is 6.10 Å². The Kier molecular flexibility index (Phi) is 4.80. The number of aromatic amines is 1. The van der Waals surface area contributed by atoms with Gasteiger partial charge in [-0.05, 0) is 50.3 Å². The highest BCUT2D eigenvalue weighted by Crippen LogP contribution is 2.67. The zero-order chi connectivity index (χ0) is 23.9. The van der Waals surface area contributed by atoms with E-state index in [1.807, 2.05) is 0 Å². The predicted molar refractivity (Wildman–Crippen MR) is 113 cm³/mol. The van der Waals surface area contributed by atoms with Crippen molar-refractivity contribution in [2.75, 3.05) is 0 Å². The van der Waals surface area contributed by atoms with Gasteiger partial charge in [-0.2, -0.15) is 0 Å². The van der Waals surface area contributed by atoms with Gasteiger partial charge < -0.3 is 20.1 Å². The number of aromatic nitrogens is 2. The van der Waals surface area contributed by atoms with Crippen LogP contribution in [0.3, 0.4) is 0 Å². The van der Waals surface area contributed by atoms with Crippen LogP contribution in [0.2, 0.25) is 5.02 Å². The van der Waals surface area contributed by atoms with Gasteiger partial charge in [-0.25, -0.2) is 4.98 Å². The standard InChI is InChI=1S/C23H23ClF3N3O4/c24-12-1-2-17-14(5-12)16(31)6-18(33-17)19(32)30-22-8-21(9-22,10-22)20-28-7-15(29-20)11-3-13(4-11)34-23(25,26)27/h1-2,5,7,11,13,16,18,31H,3-4,6,8-10H2,(H,28,29)(H,30,32)/t11-,13+,16-,18-,21?,22?/m1/s1. The fourth-order valence-corrected chi connectivity index (χ4v) is 6.19. The first-order valence-electron chi connectivity index (χ1n) is 11.3. The monoisotopic (exact) mass is 497 g/mol. The Morgan fingerprint density at radius 2 is 2.00 bits per heavy atom. The second-order valence-corrected chi connectivity index (χ2v) is 10.6. The number of carbonyl (C=O) groups is 1. The van der Waals surface area contributed by atoms with Crippen LogP contribution in [0.4, 0.5) is 13.2 Å². The molecule has 1 aliphatic heterocycles. The van der Waals surface area contributed by atoms with Crippen LogP contribution in [-0.2, 0) is 14.9 Å². The van der Waals surface area contributed by atoms with E-state index in [1.165, 1.54) is 0 Å². The molecule has 2 bridgehead atoms. The van der Waals surface area contributed by atoms with Crippen molar-refractivity contribution in [3.8, 4) is 5.75 Å². The zero-order valence-electron chi connectivity index (χ0n) is 18.0. The highest BCUT2D eigenvalue weighted by Gasteiger charge is 2.70. The van der Waals surface area contributed by atoms with Gasteiger partial charge in [0.05, 0.1) is 12.2 Å². The summed E-state index contributed by atoms with van der Waals surface area (Å²) in [6.07, 6.45) is -2.29. The summed E-state index contributed by atoms with van der Waals surface area (Å²) in [4.78, 5) is 20.7. The molecule has 0 saturated heterocycles. The Hall–Kier alpha value is -2.30. The average molecular weight is 498 g/mol. The van der Waals surface area contributed by atoms with Gasteiger partial charge in [0.1, 0.15) is 11.6 Å². The lowest BCUT2D eigenvalue weighted by Gasteiger charge is -2.69. The van der Waals surface area contributed by atoms with Crippen LogP contribution in [-0.4, -0.2) is 45.1 Å². The first-order valence-corrected chi connectivity index (χ1v) is 11.7. The lowest BCUT2D eigenvalue weighted by molar-refractivity contribution is -0.351. The molecule has 7 nitrogen and oxygen atoms in total. The number of hydrogen-bond donors (Lipinski definition) is 3. The largest absolute Gasteiger partial charge is 0.522 e. The maximum absolute atomic E-state index is 12.9. The van der Waals surface area contributed by atoms with Gasteiger partial charge in [-0.1, -0.05) is 11.6 Å². The molecule has 4 aliphatic carbocycles. The Bertz CT molecular complexity index is 1130. The predicted octanol–water partition coefficient (Wildman–Crippen LogP) is 4.02. The minimum atomic E-state index is -4.60. The van der Waals surface area contributed by atoms with Gasteiger partial charge in [0, 0.05) is 45.8 Å². The normalized spacial score (nSPS) is 35.8. The molecule has 0 spiro atoms. The number of nitrogens with one attached hydrogen (secondary N) is 2. The number of benzene rings is 1. The minimum absolute atomic E-state index is 0.0118. The van der Waals surface area contributed by atoms with Crippen molar-refractivity contribution in [2.24, 2.45) is 0 Å². The number of aliphatic hydroxyl groups excluding tert-OH is 1. The molecular formula is C23H23ClF3N3O4. The molecule has 7 rings (SSSR count). The fourth-order valence-electron chi connectivity index (χ4n) is 6.01. The Morgan fingerprint density at radius 3 is 2.71 bits per heavy atom. The van der Waals surface area contributed by atoms with Gasteiger partial charge >= 0.3 is 6.36 Å². The number of amides is 1. The number of aliphatic hydroxyl groups is 1. The highest BCUT2D eigenvalue weighted by molar-refractivity contribution is 6.30. The molecule has 0 radical (unpaired) electrons. The third-order valence-corrected chi connectivity index (χ3v) is 7.92. The molecule has 0 unspecified atom stereocenters. The smallest absolute Gasteiger partial charge is 0.480 e. The summed E-state index contributed by atoms with van der Waals surface area (Å²) in [7, 11) is 0. The molecule has 4 fully saturated rings. The van der Waals surface area contributed by atoms with E-state index in [2.05, 4.69) is 20.0 Å². The summed E-state index contributed by atoms with van der Waals surface area (Å²) in [5, 5.41) is 14.0. The van der Waals surface area contributed by atoms with Crippen LogP contribution in [0, 0.1) is 0 Å². The van der Waals surface area contributed by atoms with Crippen LogP contribution < -0.4 is 10.1 Å². The van der Waals surface area contributed by atoms with Gasteiger partial charge in [0.2, 0.25) is 0 Å². The fraction of sp³-hybridized carbons (Fsp3) is 0.565. The van der Waals surface area contributed by atoms with E-state index < -0.39 is 24.7 Å². The van der Waals surface area contributed by atoms with E-state index in [1.54, 1.807) is 24.4 Å². The van der Waals surface area contributed by atoms with Crippen molar-refractivity contribution in [3.63, 3.8) is 0 Å². The molecule has 3 N–H and O–H groups in total. The maximum Gasteiger partial charge on any atom is 0.522 e. The van der Waals surface area contributed by atoms with Crippen molar-refractivity contribution in [3.05, 3.63) is 46.5 Å². The highest BCUT2D eigenvalue weighted by atomic mass is 35.5. The van der Waals surface area contributed by atoms with E-state index in [9.17, 15) is 23.1 Å². The van der Waals surface area contributed by atoms with Crippen molar-refractivity contribution in [1.29, 1.82) is 0 Å². The maximum atomic E-state index is 12.9. The van der Waals surface area contributed by atoms with Gasteiger partial charge in [-0.3, -0.25) is 9.53 Å². The first-order chi connectivity index (χ1) is 16.0. The summed E-state index contributed by atoms with van der Waals surface area (Å²) >= 11 is 5.98. The van der Waals surface area contributed by atoms with Crippen LogP contribution in [0.1, 0.15) is 67.6 Å². The summed E-state index contributed by atoms with van der Waals surface area (Å²) in [5.74, 6) is 1.02. The molecular weight excluding hydrogens is 475 g/mol. The number of carbonyl (C=O) groups excluding carboxylic acids is 1. The van der Waals surface area contributed by atoms with Gasteiger partial charge in [0.25, 0.3) is 5.91 Å². The third-order valence-electron chi connectivity index (χ3n) is 7.68. The lowest BCUT2D eigenvalue weighted by atomic mass is 9.39.